The van der Waals surface area contributed by atoms with E-state index in [1.54, 1.807) is 0 Å². The molecule has 4 unspecified atom stereocenters. The minimum absolute atomic E-state index is 0.0129. The highest BCUT2D eigenvalue weighted by Gasteiger charge is 2.44. The molecule has 2 fully saturated rings. The Hall–Kier alpha value is -3.07. The number of nitrogens with one attached hydrogen (secondary N) is 1. The van der Waals surface area contributed by atoms with E-state index in [0.29, 0.717) is 11.8 Å². The van der Waals surface area contributed by atoms with Gasteiger partial charge in [0.15, 0.2) is 0 Å². The average Bonchev–Trinajstić information content (AvgIpc) is 3.54. The van der Waals surface area contributed by atoms with Gasteiger partial charge in [0.1, 0.15) is 0 Å². The quantitative estimate of drug-likeness (QED) is 0.459. The number of carbonyl (C=O) groups excluding carboxylic acids is 1. The van der Waals surface area contributed by atoms with E-state index in [0.717, 1.165) is 34.2 Å². The van der Waals surface area contributed by atoms with Gasteiger partial charge in [0, 0.05) is 30.0 Å². The van der Waals surface area contributed by atoms with E-state index >= 15 is 0 Å². The number of nitrogens with zero attached hydrogens (tertiary/aromatic N) is 1. The Morgan fingerprint density at radius 2 is 1.38 bits per heavy atom. The summed E-state index contributed by atoms with van der Waals surface area (Å²) in [5, 5.41) is 3.33. The molecule has 3 nitrogen and oxygen atoms in total. The van der Waals surface area contributed by atoms with Crippen LogP contribution < -0.4 is 10.2 Å². The van der Waals surface area contributed by atoms with Crippen molar-refractivity contribution in [2.45, 2.75) is 50.4 Å². The molecule has 2 aliphatic heterocycles. The average molecular weight is 449 g/mol. The molecule has 3 heteroatoms. The van der Waals surface area contributed by atoms with Crippen molar-refractivity contribution < 1.29 is 4.79 Å². The second kappa shape index (κ2) is 8.01. The molecule has 34 heavy (non-hydrogen) atoms. The molecule has 2 heterocycles. The first-order valence-electron chi connectivity index (χ1n) is 13.1. The number of fused-ring (bicyclic) bond motifs is 4. The zero-order valence-corrected chi connectivity index (χ0v) is 19.7. The number of hydrogen-bond acceptors (Lipinski definition) is 2. The summed E-state index contributed by atoms with van der Waals surface area (Å²) >= 11 is 0. The van der Waals surface area contributed by atoms with Crippen LogP contribution in [0.4, 0.5) is 11.4 Å². The summed E-state index contributed by atoms with van der Waals surface area (Å²) in [6, 6.07) is 22.8. The third-order valence-electron chi connectivity index (χ3n) is 9.03. The molecule has 1 amide bonds. The van der Waals surface area contributed by atoms with Crippen LogP contribution in [-0.4, -0.2) is 19.0 Å². The van der Waals surface area contributed by atoms with Crippen molar-refractivity contribution in [3.05, 3.63) is 83.4 Å². The first-order chi connectivity index (χ1) is 16.8. The number of rotatable bonds is 3. The summed E-state index contributed by atoms with van der Waals surface area (Å²) in [5.74, 6) is 2.87. The minimum atomic E-state index is -0.0129. The van der Waals surface area contributed by atoms with Crippen molar-refractivity contribution in [3.63, 3.8) is 0 Å². The first-order valence-corrected chi connectivity index (χ1v) is 13.1. The van der Waals surface area contributed by atoms with Crippen LogP contribution in [0.2, 0.25) is 0 Å². The monoisotopic (exact) mass is 448 g/mol. The summed E-state index contributed by atoms with van der Waals surface area (Å²) in [6.07, 6.45) is 7.98. The smallest absolute Gasteiger partial charge is 0.256 e. The van der Waals surface area contributed by atoms with Crippen molar-refractivity contribution in [1.82, 2.24) is 0 Å². The van der Waals surface area contributed by atoms with Gasteiger partial charge in [-0.05, 0) is 89.8 Å². The van der Waals surface area contributed by atoms with Crippen molar-refractivity contribution in [1.29, 1.82) is 0 Å². The molecule has 0 saturated heterocycles. The highest BCUT2D eigenvalue weighted by Crippen LogP contribution is 2.56. The summed E-state index contributed by atoms with van der Waals surface area (Å²) in [6.45, 7) is 2.48. The topological polar surface area (TPSA) is 32.3 Å². The standard InChI is InChI=1S/C31H32N2O/c34-31(27-13-5-4-12-24(27)20-8-2-1-3-9-20)32-23-16-28-25-14-6-10-21(25)18-33-19-22-11-7-15-26(22)29(17-23)30(28)33/h1-5,8-9,12-13,16-17,21-22,25-26H,6-7,10-11,14-15,18-19H2,(H,32,34). The predicted octanol–water partition coefficient (Wildman–Crippen LogP) is 7.21. The van der Waals surface area contributed by atoms with Crippen LogP contribution in [0.25, 0.3) is 11.1 Å². The minimum Gasteiger partial charge on any atom is -0.370 e. The molecule has 3 aromatic rings. The molecule has 4 atom stereocenters. The van der Waals surface area contributed by atoms with E-state index in [1.165, 1.54) is 68.4 Å². The lowest BCUT2D eigenvalue weighted by atomic mass is 9.75. The van der Waals surface area contributed by atoms with E-state index in [-0.39, 0.29) is 5.91 Å². The third-order valence-corrected chi connectivity index (χ3v) is 9.03. The summed E-state index contributed by atoms with van der Waals surface area (Å²) < 4.78 is 0. The van der Waals surface area contributed by atoms with Crippen molar-refractivity contribution in [3.8, 4) is 11.1 Å². The van der Waals surface area contributed by atoms with Gasteiger partial charge in [0.2, 0.25) is 0 Å². The normalized spacial score (nSPS) is 26.5. The van der Waals surface area contributed by atoms with Crippen LogP contribution >= 0.6 is 0 Å². The fourth-order valence-electron chi connectivity index (χ4n) is 7.58. The third kappa shape index (κ3) is 3.20. The maximum absolute atomic E-state index is 13.6. The predicted molar refractivity (Wildman–Crippen MR) is 139 cm³/mol. The number of hydrogen-bond donors (Lipinski definition) is 1. The molecule has 0 bridgehead atoms. The Morgan fingerprint density at radius 1 is 0.765 bits per heavy atom. The lowest BCUT2D eigenvalue weighted by Crippen LogP contribution is -2.43. The van der Waals surface area contributed by atoms with Gasteiger partial charge in [0.25, 0.3) is 5.91 Å². The van der Waals surface area contributed by atoms with Gasteiger partial charge in [-0.3, -0.25) is 4.79 Å². The summed E-state index contributed by atoms with van der Waals surface area (Å²) in [7, 11) is 0. The fraction of sp³-hybridized carbons (Fsp3) is 0.387. The van der Waals surface area contributed by atoms with Gasteiger partial charge in [-0.15, -0.1) is 0 Å². The Kier molecular flexibility index (Phi) is 4.78. The lowest BCUT2D eigenvalue weighted by Gasteiger charge is -2.46. The van der Waals surface area contributed by atoms with Gasteiger partial charge < -0.3 is 10.2 Å². The number of benzene rings is 3. The molecule has 7 rings (SSSR count). The highest BCUT2D eigenvalue weighted by molar-refractivity contribution is 6.09. The second-order valence-corrected chi connectivity index (χ2v) is 10.9. The SMILES string of the molecule is O=C(Nc1cc2c3c(c1)C1CCCC1CN3CC1CCCC21)c1ccccc1-c1ccccc1. The van der Waals surface area contributed by atoms with E-state index in [2.05, 4.69) is 34.5 Å². The first kappa shape index (κ1) is 20.3. The maximum Gasteiger partial charge on any atom is 0.256 e. The van der Waals surface area contributed by atoms with Crippen molar-refractivity contribution in [2.24, 2.45) is 11.8 Å². The second-order valence-electron chi connectivity index (χ2n) is 10.9. The fourth-order valence-corrected chi connectivity index (χ4v) is 7.58. The van der Waals surface area contributed by atoms with Gasteiger partial charge in [-0.1, -0.05) is 61.4 Å². The zero-order valence-electron chi connectivity index (χ0n) is 19.7. The Morgan fingerprint density at radius 3 is 2.06 bits per heavy atom. The molecular weight excluding hydrogens is 416 g/mol. The number of carbonyl (C=O) groups is 1. The van der Waals surface area contributed by atoms with Gasteiger partial charge in [-0.25, -0.2) is 0 Å². The van der Waals surface area contributed by atoms with Crippen molar-refractivity contribution >= 4 is 17.3 Å². The van der Waals surface area contributed by atoms with Crippen LogP contribution in [0.1, 0.15) is 71.8 Å². The largest absolute Gasteiger partial charge is 0.370 e. The Bertz CT molecular complexity index is 1200. The highest BCUT2D eigenvalue weighted by atomic mass is 16.1. The number of amides is 1. The van der Waals surface area contributed by atoms with Gasteiger partial charge in [0.05, 0.1) is 0 Å². The van der Waals surface area contributed by atoms with Gasteiger partial charge >= 0.3 is 0 Å². The van der Waals surface area contributed by atoms with Gasteiger partial charge in [-0.2, -0.15) is 0 Å². The molecule has 0 aromatic heterocycles. The molecule has 0 spiro atoms. The van der Waals surface area contributed by atoms with E-state index in [4.69, 9.17) is 0 Å². The van der Waals surface area contributed by atoms with Crippen LogP contribution in [0.15, 0.2) is 66.7 Å². The molecule has 2 saturated carbocycles. The van der Waals surface area contributed by atoms with Crippen LogP contribution in [0.3, 0.4) is 0 Å². The summed E-state index contributed by atoms with van der Waals surface area (Å²) in [5.41, 5.74) is 8.35. The van der Waals surface area contributed by atoms with E-state index < -0.39 is 0 Å². The Balaban J connectivity index is 1.29. The number of anilines is 2. The lowest BCUT2D eigenvalue weighted by molar-refractivity contribution is 0.102. The van der Waals surface area contributed by atoms with Crippen LogP contribution in [0.5, 0.6) is 0 Å². The van der Waals surface area contributed by atoms with E-state index in [1.807, 2.05) is 42.5 Å². The maximum atomic E-state index is 13.6. The Labute approximate surface area is 202 Å². The molecular formula is C31H32N2O. The molecule has 0 radical (unpaired) electrons. The molecule has 4 aliphatic rings. The van der Waals surface area contributed by atoms with E-state index in [9.17, 15) is 4.79 Å². The molecule has 3 aromatic carbocycles. The zero-order chi connectivity index (χ0) is 22.6. The van der Waals surface area contributed by atoms with Crippen molar-refractivity contribution in [2.75, 3.05) is 23.3 Å². The molecule has 2 aliphatic carbocycles. The molecule has 1 N–H and O–H groups in total. The van der Waals surface area contributed by atoms with Crippen LogP contribution in [-0.2, 0) is 0 Å². The molecule has 172 valence electrons. The van der Waals surface area contributed by atoms with Crippen LogP contribution in [0, 0.1) is 11.8 Å². The summed E-state index contributed by atoms with van der Waals surface area (Å²) in [4.78, 5) is 16.3.